The highest BCUT2D eigenvalue weighted by Gasteiger charge is 2.30. The molecule has 0 bridgehead atoms. The van der Waals surface area contributed by atoms with E-state index in [1.165, 1.54) is 11.8 Å². The van der Waals surface area contributed by atoms with Crippen molar-refractivity contribution < 1.29 is 4.79 Å². The van der Waals surface area contributed by atoms with Crippen LogP contribution in [-0.4, -0.2) is 34.7 Å². The molecule has 1 saturated heterocycles. The molecule has 2 heterocycles. The lowest BCUT2D eigenvalue weighted by molar-refractivity contribution is -0.119. The van der Waals surface area contributed by atoms with Gasteiger partial charge in [-0.25, -0.2) is 9.97 Å². The third kappa shape index (κ3) is 2.63. The van der Waals surface area contributed by atoms with Gasteiger partial charge in [0.25, 0.3) is 0 Å². The molecular formula is C10H13ClN4OS. The molecule has 0 aromatic carbocycles. The van der Waals surface area contributed by atoms with Crippen LogP contribution < -0.4 is 10.6 Å². The number of thioether (sulfide) groups is 1. The second kappa shape index (κ2) is 5.10. The van der Waals surface area contributed by atoms with Gasteiger partial charge in [0, 0.05) is 12.6 Å². The number of nitrogens with zero attached hydrogens (tertiary/aromatic N) is 3. The zero-order valence-corrected chi connectivity index (χ0v) is 11.0. The van der Waals surface area contributed by atoms with Crippen molar-refractivity contribution in [2.45, 2.75) is 24.0 Å². The molecule has 0 saturated carbocycles. The lowest BCUT2D eigenvalue weighted by Gasteiger charge is -2.23. The molecule has 0 aliphatic carbocycles. The summed E-state index contributed by atoms with van der Waals surface area (Å²) in [5, 5.41) is 0.983. The van der Waals surface area contributed by atoms with Crippen LogP contribution in [0.5, 0.6) is 0 Å². The van der Waals surface area contributed by atoms with Crippen LogP contribution in [0.3, 0.4) is 0 Å². The molecule has 92 valence electrons. The molecule has 1 amide bonds. The molecule has 0 radical (unpaired) electrons. The number of hydrogen-bond acceptors (Lipinski definition) is 5. The average Bonchev–Trinajstić information content (AvgIpc) is 2.77. The summed E-state index contributed by atoms with van der Waals surface area (Å²) in [4.78, 5) is 21.6. The van der Waals surface area contributed by atoms with Crippen LogP contribution in [0, 0.1) is 0 Å². The van der Waals surface area contributed by atoms with Crippen molar-refractivity contribution in [3.05, 3.63) is 11.2 Å². The van der Waals surface area contributed by atoms with E-state index in [1.807, 2.05) is 11.2 Å². The third-order valence-electron chi connectivity index (χ3n) is 2.72. The first-order chi connectivity index (χ1) is 8.11. The largest absolute Gasteiger partial charge is 0.368 e. The summed E-state index contributed by atoms with van der Waals surface area (Å²) in [6, 6.07) is 1.39. The van der Waals surface area contributed by atoms with E-state index in [0.717, 1.165) is 19.4 Å². The van der Waals surface area contributed by atoms with Gasteiger partial charge in [0.1, 0.15) is 17.0 Å². The summed E-state index contributed by atoms with van der Waals surface area (Å²) >= 11 is 7.34. The van der Waals surface area contributed by atoms with Gasteiger partial charge in [-0.05, 0) is 19.1 Å². The number of rotatable bonds is 3. The fourth-order valence-corrected chi connectivity index (χ4v) is 2.56. The number of nitrogens with two attached hydrogens (primary N) is 1. The molecule has 5 nitrogen and oxygen atoms in total. The zero-order chi connectivity index (χ0) is 12.4. The highest BCUT2D eigenvalue weighted by Crippen LogP contribution is 2.27. The van der Waals surface area contributed by atoms with Crippen LogP contribution in [0.15, 0.2) is 11.2 Å². The lowest BCUT2D eigenvalue weighted by Crippen LogP contribution is -2.40. The normalized spacial score (nSPS) is 19.6. The number of amides is 1. The molecule has 2 rings (SSSR count). The van der Waals surface area contributed by atoms with Crippen molar-refractivity contribution in [3.8, 4) is 0 Å². The predicted octanol–water partition coefficient (Wildman–Crippen LogP) is 1.31. The second-order valence-electron chi connectivity index (χ2n) is 3.79. The lowest BCUT2D eigenvalue weighted by atomic mass is 10.2. The number of halogens is 1. The fraction of sp³-hybridized carbons (Fsp3) is 0.500. The number of anilines is 1. The fourth-order valence-electron chi connectivity index (χ4n) is 1.96. The Balaban J connectivity index is 2.32. The number of aromatic nitrogens is 2. The summed E-state index contributed by atoms with van der Waals surface area (Å²) in [6.07, 6.45) is 3.58. The third-order valence-corrected chi connectivity index (χ3v) is 3.46. The maximum atomic E-state index is 11.3. The summed E-state index contributed by atoms with van der Waals surface area (Å²) in [5.41, 5.74) is 5.37. The van der Waals surface area contributed by atoms with Crippen molar-refractivity contribution in [2.24, 2.45) is 5.73 Å². The summed E-state index contributed by atoms with van der Waals surface area (Å²) in [7, 11) is 0. The van der Waals surface area contributed by atoms with Gasteiger partial charge < -0.3 is 10.6 Å². The molecule has 1 aliphatic rings. The Labute approximate surface area is 109 Å². The van der Waals surface area contributed by atoms with E-state index in [2.05, 4.69) is 9.97 Å². The number of carbonyl (C=O) groups excluding carboxylic acids is 1. The monoisotopic (exact) mass is 272 g/mol. The van der Waals surface area contributed by atoms with Crippen molar-refractivity contribution in [1.82, 2.24) is 9.97 Å². The van der Waals surface area contributed by atoms with Gasteiger partial charge in [-0.3, -0.25) is 4.79 Å². The minimum absolute atomic E-state index is 0.282. The topological polar surface area (TPSA) is 72.1 Å². The molecule has 1 aromatic heterocycles. The van der Waals surface area contributed by atoms with Gasteiger partial charge in [-0.15, -0.1) is 0 Å². The van der Waals surface area contributed by atoms with E-state index in [4.69, 9.17) is 17.3 Å². The Bertz CT molecular complexity index is 442. The van der Waals surface area contributed by atoms with E-state index in [1.54, 1.807) is 6.07 Å². The summed E-state index contributed by atoms with van der Waals surface area (Å²) in [6.45, 7) is 0.773. The van der Waals surface area contributed by atoms with Gasteiger partial charge in [0.05, 0.1) is 0 Å². The Kier molecular flexibility index (Phi) is 3.73. The van der Waals surface area contributed by atoms with Crippen LogP contribution in [0.2, 0.25) is 5.15 Å². The Morgan fingerprint density at radius 3 is 3.06 bits per heavy atom. The van der Waals surface area contributed by atoms with Gasteiger partial charge in [0.2, 0.25) is 5.91 Å². The van der Waals surface area contributed by atoms with E-state index < -0.39 is 0 Å². The predicted molar refractivity (Wildman–Crippen MR) is 68.4 cm³/mol. The van der Waals surface area contributed by atoms with E-state index in [9.17, 15) is 4.79 Å². The first-order valence-corrected chi connectivity index (χ1v) is 6.86. The number of primary amides is 1. The number of hydrogen-bond donors (Lipinski definition) is 1. The molecule has 0 spiro atoms. The first kappa shape index (κ1) is 12.4. The van der Waals surface area contributed by atoms with Gasteiger partial charge in [0.15, 0.2) is 5.16 Å². The summed E-state index contributed by atoms with van der Waals surface area (Å²) in [5.74, 6) is 0.360. The molecule has 1 fully saturated rings. The molecule has 1 unspecified atom stereocenters. The van der Waals surface area contributed by atoms with Crippen LogP contribution in [0.1, 0.15) is 12.8 Å². The highest BCUT2D eigenvalue weighted by atomic mass is 35.5. The van der Waals surface area contributed by atoms with Gasteiger partial charge in [-0.2, -0.15) is 0 Å². The van der Waals surface area contributed by atoms with Crippen LogP contribution >= 0.6 is 23.4 Å². The molecule has 7 heteroatoms. The number of carbonyl (C=O) groups is 1. The molecule has 1 atom stereocenters. The smallest absolute Gasteiger partial charge is 0.240 e. The standard InChI is InChI=1S/C10H13ClN4OS/c1-17-10-13-7(11)5-8(14-10)15-4-2-3-6(15)9(12)16/h5-6H,2-4H2,1H3,(H2,12,16). The van der Waals surface area contributed by atoms with Crippen LogP contribution in [0.4, 0.5) is 5.82 Å². The molecule has 17 heavy (non-hydrogen) atoms. The second-order valence-corrected chi connectivity index (χ2v) is 4.95. The SMILES string of the molecule is CSc1nc(Cl)cc(N2CCCC2C(N)=O)n1. The Morgan fingerprint density at radius 1 is 1.65 bits per heavy atom. The van der Waals surface area contributed by atoms with Crippen molar-refractivity contribution in [1.29, 1.82) is 0 Å². The van der Waals surface area contributed by atoms with Crippen LogP contribution in [-0.2, 0) is 4.79 Å². The maximum absolute atomic E-state index is 11.3. The minimum atomic E-state index is -0.317. The molecule has 2 N–H and O–H groups in total. The van der Waals surface area contributed by atoms with Crippen molar-refractivity contribution in [2.75, 3.05) is 17.7 Å². The molecule has 1 aliphatic heterocycles. The van der Waals surface area contributed by atoms with E-state index in [0.29, 0.717) is 16.1 Å². The maximum Gasteiger partial charge on any atom is 0.240 e. The zero-order valence-electron chi connectivity index (χ0n) is 9.39. The summed E-state index contributed by atoms with van der Waals surface area (Å²) < 4.78 is 0. The van der Waals surface area contributed by atoms with Crippen molar-refractivity contribution in [3.63, 3.8) is 0 Å². The van der Waals surface area contributed by atoms with E-state index >= 15 is 0 Å². The minimum Gasteiger partial charge on any atom is -0.368 e. The molecular weight excluding hydrogens is 260 g/mol. The highest BCUT2D eigenvalue weighted by molar-refractivity contribution is 7.98. The van der Waals surface area contributed by atoms with Crippen molar-refractivity contribution >= 4 is 35.1 Å². The first-order valence-electron chi connectivity index (χ1n) is 5.26. The van der Waals surface area contributed by atoms with Gasteiger partial charge >= 0.3 is 0 Å². The quantitative estimate of drug-likeness (QED) is 0.510. The van der Waals surface area contributed by atoms with Gasteiger partial charge in [-0.1, -0.05) is 23.4 Å². The molecule has 1 aromatic rings. The van der Waals surface area contributed by atoms with Crippen LogP contribution in [0.25, 0.3) is 0 Å². The Hall–Kier alpha value is -1.01. The van der Waals surface area contributed by atoms with E-state index in [-0.39, 0.29) is 11.9 Å². The Morgan fingerprint density at radius 2 is 2.41 bits per heavy atom. The average molecular weight is 273 g/mol.